The van der Waals surface area contributed by atoms with E-state index in [-0.39, 0.29) is 29.6 Å². The smallest absolute Gasteiger partial charge is 0.213 e. The normalized spacial score (nSPS) is 23.5. The number of ether oxygens (including phenoxy) is 2. The van der Waals surface area contributed by atoms with Gasteiger partial charge >= 0.3 is 0 Å². The topological polar surface area (TPSA) is 67.8 Å². The second-order valence-corrected chi connectivity index (χ2v) is 7.21. The summed E-state index contributed by atoms with van der Waals surface area (Å²) in [5.41, 5.74) is 1.02. The van der Waals surface area contributed by atoms with E-state index in [0.29, 0.717) is 12.6 Å². The largest absolute Gasteiger partial charge is 0.474 e. The van der Waals surface area contributed by atoms with Crippen LogP contribution in [0.4, 0.5) is 0 Å². The van der Waals surface area contributed by atoms with Crippen LogP contribution in [0.3, 0.4) is 0 Å². The monoisotopic (exact) mass is 474 g/mol. The van der Waals surface area contributed by atoms with E-state index >= 15 is 0 Å². The van der Waals surface area contributed by atoms with E-state index in [1.165, 1.54) is 12.8 Å². The van der Waals surface area contributed by atoms with Gasteiger partial charge in [-0.1, -0.05) is 6.07 Å². The summed E-state index contributed by atoms with van der Waals surface area (Å²) in [7, 11) is 1.78. The average Bonchev–Trinajstić information content (AvgIpc) is 3.29. The minimum atomic E-state index is -0.0849. The minimum Gasteiger partial charge on any atom is -0.474 e. The van der Waals surface area contributed by atoms with Crippen molar-refractivity contribution in [1.82, 2.24) is 15.6 Å². The van der Waals surface area contributed by atoms with E-state index in [2.05, 4.69) is 33.6 Å². The molecule has 1 atom stereocenters. The molecule has 7 heteroatoms. The highest BCUT2D eigenvalue weighted by atomic mass is 127. The van der Waals surface area contributed by atoms with Crippen molar-refractivity contribution < 1.29 is 9.47 Å². The number of aliphatic imine (C=N–C) groups is 1. The van der Waals surface area contributed by atoms with Gasteiger partial charge in [-0.15, -0.1) is 24.0 Å². The SMILES string of the molecule is CN=C(NCc1ccc(OC2CCCC2)nc1)NCC1(C)CCCO1.I. The first-order valence-corrected chi connectivity index (χ1v) is 9.37. The van der Waals surface area contributed by atoms with E-state index in [1.54, 1.807) is 7.05 Å². The molecule has 1 aromatic rings. The predicted molar refractivity (Wildman–Crippen MR) is 114 cm³/mol. The molecule has 1 saturated carbocycles. The Kier molecular flexibility index (Phi) is 8.40. The Morgan fingerprint density at radius 1 is 1.31 bits per heavy atom. The molecular weight excluding hydrogens is 443 g/mol. The molecule has 1 unspecified atom stereocenters. The minimum absolute atomic E-state index is 0. The van der Waals surface area contributed by atoms with E-state index in [0.717, 1.165) is 56.2 Å². The lowest BCUT2D eigenvalue weighted by molar-refractivity contribution is 0.0243. The van der Waals surface area contributed by atoms with Gasteiger partial charge in [-0.05, 0) is 51.0 Å². The van der Waals surface area contributed by atoms with Crippen LogP contribution in [-0.2, 0) is 11.3 Å². The quantitative estimate of drug-likeness (QED) is 0.377. The first-order valence-electron chi connectivity index (χ1n) is 9.37. The summed E-state index contributed by atoms with van der Waals surface area (Å²) in [5, 5.41) is 6.67. The number of halogens is 1. The van der Waals surface area contributed by atoms with Crippen molar-refractivity contribution in [2.75, 3.05) is 20.2 Å². The lowest BCUT2D eigenvalue weighted by Crippen LogP contribution is -2.45. The molecule has 0 amide bonds. The predicted octanol–water partition coefficient (Wildman–Crippen LogP) is 3.26. The van der Waals surface area contributed by atoms with Crippen molar-refractivity contribution >= 4 is 29.9 Å². The highest BCUT2D eigenvalue weighted by Gasteiger charge is 2.29. The molecular formula is C19H31IN4O2. The molecule has 0 bridgehead atoms. The van der Waals surface area contributed by atoms with Crippen LogP contribution in [0.5, 0.6) is 5.88 Å². The molecule has 1 aromatic heterocycles. The first-order chi connectivity index (χ1) is 12.2. The van der Waals surface area contributed by atoms with Gasteiger partial charge in [0.05, 0.1) is 5.60 Å². The molecule has 2 N–H and O–H groups in total. The zero-order chi connectivity index (χ0) is 17.5. The van der Waals surface area contributed by atoms with Crippen molar-refractivity contribution in [3.05, 3.63) is 23.9 Å². The van der Waals surface area contributed by atoms with Gasteiger partial charge in [-0.25, -0.2) is 4.98 Å². The molecule has 146 valence electrons. The van der Waals surface area contributed by atoms with Crippen molar-refractivity contribution in [3.8, 4) is 5.88 Å². The van der Waals surface area contributed by atoms with E-state index in [1.807, 2.05) is 12.3 Å². The van der Waals surface area contributed by atoms with Crippen LogP contribution in [0.15, 0.2) is 23.3 Å². The van der Waals surface area contributed by atoms with Crippen LogP contribution in [0.25, 0.3) is 0 Å². The maximum Gasteiger partial charge on any atom is 0.213 e. The Hall–Kier alpha value is -1.09. The molecule has 3 rings (SSSR count). The summed E-state index contributed by atoms with van der Waals surface area (Å²) in [6.45, 7) is 4.44. The van der Waals surface area contributed by atoms with Crippen LogP contribution in [0, 0.1) is 0 Å². The zero-order valence-corrected chi connectivity index (χ0v) is 18.1. The van der Waals surface area contributed by atoms with Gasteiger partial charge in [0.1, 0.15) is 6.10 Å². The summed E-state index contributed by atoms with van der Waals surface area (Å²) >= 11 is 0. The van der Waals surface area contributed by atoms with Gasteiger partial charge in [-0.2, -0.15) is 0 Å². The molecule has 2 aliphatic rings. The van der Waals surface area contributed by atoms with Crippen LogP contribution >= 0.6 is 24.0 Å². The second kappa shape index (κ2) is 10.3. The summed E-state index contributed by atoms with van der Waals surface area (Å²) in [6, 6.07) is 4.01. The van der Waals surface area contributed by atoms with E-state index < -0.39 is 0 Å². The second-order valence-electron chi connectivity index (χ2n) is 7.21. The summed E-state index contributed by atoms with van der Waals surface area (Å²) in [4.78, 5) is 8.70. The number of hydrogen-bond acceptors (Lipinski definition) is 4. The number of hydrogen-bond donors (Lipinski definition) is 2. The molecule has 26 heavy (non-hydrogen) atoms. The number of guanidine groups is 1. The third-order valence-electron chi connectivity index (χ3n) is 5.00. The lowest BCUT2D eigenvalue weighted by Gasteiger charge is -2.24. The maximum atomic E-state index is 5.90. The number of nitrogens with one attached hydrogen (secondary N) is 2. The molecule has 6 nitrogen and oxygen atoms in total. The van der Waals surface area contributed by atoms with Crippen molar-refractivity contribution in [2.24, 2.45) is 4.99 Å². The Labute approximate surface area is 173 Å². The molecule has 1 aliphatic heterocycles. The highest BCUT2D eigenvalue weighted by Crippen LogP contribution is 2.24. The van der Waals surface area contributed by atoms with Gasteiger partial charge in [-0.3, -0.25) is 4.99 Å². The molecule has 1 aliphatic carbocycles. The van der Waals surface area contributed by atoms with Gasteiger partial charge in [0, 0.05) is 39.0 Å². The molecule has 1 saturated heterocycles. The van der Waals surface area contributed by atoms with E-state index in [9.17, 15) is 0 Å². The number of rotatable bonds is 6. The fourth-order valence-corrected chi connectivity index (χ4v) is 3.42. The van der Waals surface area contributed by atoms with Gasteiger partial charge in [0.2, 0.25) is 5.88 Å². The first kappa shape index (κ1) is 21.2. The fourth-order valence-electron chi connectivity index (χ4n) is 3.42. The third kappa shape index (κ3) is 6.26. The van der Waals surface area contributed by atoms with Crippen LogP contribution in [0.2, 0.25) is 0 Å². The van der Waals surface area contributed by atoms with Crippen molar-refractivity contribution in [1.29, 1.82) is 0 Å². The molecule has 2 heterocycles. The Bertz CT molecular complexity index is 567. The van der Waals surface area contributed by atoms with Gasteiger partial charge in [0.25, 0.3) is 0 Å². The molecule has 2 fully saturated rings. The Balaban J connectivity index is 0.00000243. The fraction of sp³-hybridized carbons (Fsp3) is 0.684. The van der Waals surface area contributed by atoms with Gasteiger partial charge in [0.15, 0.2) is 5.96 Å². The Morgan fingerprint density at radius 2 is 2.12 bits per heavy atom. The third-order valence-corrected chi connectivity index (χ3v) is 5.00. The van der Waals surface area contributed by atoms with Crippen molar-refractivity contribution in [3.63, 3.8) is 0 Å². The summed E-state index contributed by atoms with van der Waals surface area (Å²) in [5.74, 6) is 1.51. The molecule has 0 radical (unpaired) electrons. The molecule has 0 spiro atoms. The van der Waals surface area contributed by atoms with Crippen LogP contribution in [-0.4, -0.2) is 42.8 Å². The highest BCUT2D eigenvalue weighted by molar-refractivity contribution is 14.0. The molecule has 0 aromatic carbocycles. The van der Waals surface area contributed by atoms with Crippen LogP contribution in [0.1, 0.15) is 51.0 Å². The van der Waals surface area contributed by atoms with E-state index in [4.69, 9.17) is 9.47 Å². The van der Waals surface area contributed by atoms with Gasteiger partial charge < -0.3 is 20.1 Å². The zero-order valence-electron chi connectivity index (χ0n) is 15.8. The van der Waals surface area contributed by atoms with Crippen molar-refractivity contribution in [2.45, 2.75) is 63.7 Å². The van der Waals surface area contributed by atoms with Crippen LogP contribution < -0.4 is 15.4 Å². The number of pyridine rings is 1. The summed E-state index contributed by atoms with van der Waals surface area (Å²) < 4.78 is 11.7. The number of nitrogens with zero attached hydrogens (tertiary/aromatic N) is 2. The Morgan fingerprint density at radius 3 is 2.73 bits per heavy atom. The maximum absolute atomic E-state index is 5.90. The summed E-state index contributed by atoms with van der Waals surface area (Å²) in [6.07, 6.45) is 9.26. The average molecular weight is 474 g/mol. The standard InChI is InChI=1S/C19H30N4O2.HI/c1-19(10-5-11-24-19)14-23-18(20-2)22-13-15-8-9-17(21-12-15)25-16-6-3-4-7-16;/h8-9,12,16H,3-7,10-11,13-14H2,1-2H3,(H2,20,22,23);1H. The number of aromatic nitrogens is 1. The lowest BCUT2D eigenvalue weighted by atomic mass is 10.0.